The second kappa shape index (κ2) is 11.5. The molecule has 3 N–H and O–H groups in total. The minimum Gasteiger partial charge on any atom is -0.469 e. The maximum atomic E-state index is 10.6. The highest BCUT2D eigenvalue weighted by Crippen LogP contribution is 2.23. The molecule has 0 aromatic carbocycles. The van der Waals surface area contributed by atoms with Crippen molar-refractivity contribution in [3.05, 3.63) is 48.3 Å². The highest BCUT2D eigenvalue weighted by molar-refractivity contribution is 14.0. The van der Waals surface area contributed by atoms with Gasteiger partial charge in [-0.2, -0.15) is 0 Å². The Morgan fingerprint density at radius 2 is 1.89 bits per heavy atom. The fourth-order valence-corrected chi connectivity index (χ4v) is 3.46. The number of aliphatic hydroxyl groups is 1. The molecule has 1 fully saturated rings. The molecule has 2 aromatic heterocycles. The standard InChI is InChI=1S/C21H31N3O3.HI/c1-21(25,19-10-6-14-27-19)16-24-20(22-12-11-18-9-5-13-26-18)23-15-17-7-3-2-4-8-17;/h5-6,9-10,13-14,17,25H,2-4,7-8,11-12,15-16H2,1H3,(H2,22,23,24);1H. The number of aliphatic imine (C=N–C) groups is 1. The van der Waals surface area contributed by atoms with Gasteiger partial charge in [0.1, 0.15) is 17.1 Å². The largest absolute Gasteiger partial charge is 0.469 e. The first-order chi connectivity index (χ1) is 13.1. The van der Waals surface area contributed by atoms with Gasteiger partial charge in [-0.05, 0) is 49.9 Å². The summed E-state index contributed by atoms with van der Waals surface area (Å²) < 4.78 is 10.7. The van der Waals surface area contributed by atoms with Crippen molar-refractivity contribution in [2.75, 3.05) is 19.6 Å². The number of hydrogen-bond donors (Lipinski definition) is 3. The van der Waals surface area contributed by atoms with Crippen LogP contribution in [0.1, 0.15) is 50.5 Å². The van der Waals surface area contributed by atoms with Gasteiger partial charge in [0.15, 0.2) is 5.96 Å². The van der Waals surface area contributed by atoms with E-state index in [9.17, 15) is 5.11 Å². The van der Waals surface area contributed by atoms with E-state index in [1.165, 1.54) is 32.1 Å². The molecule has 28 heavy (non-hydrogen) atoms. The van der Waals surface area contributed by atoms with Gasteiger partial charge in [-0.3, -0.25) is 0 Å². The molecule has 1 aliphatic rings. The first kappa shape index (κ1) is 22.8. The zero-order valence-electron chi connectivity index (χ0n) is 16.5. The average molecular weight is 501 g/mol. The van der Waals surface area contributed by atoms with Gasteiger partial charge in [-0.1, -0.05) is 19.3 Å². The van der Waals surface area contributed by atoms with Gasteiger partial charge in [0, 0.05) is 19.5 Å². The maximum absolute atomic E-state index is 10.6. The van der Waals surface area contributed by atoms with Crippen molar-refractivity contribution < 1.29 is 13.9 Å². The van der Waals surface area contributed by atoms with Crippen LogP contribution < -0.4 is 10.6 Å². The van der Waals surface area contributed by atoms with Crippen LogP contribution in [0.15, 0.2) is 50.6 Å². The summed E-state index contributed by atoms with van der Waals surface area (Å²) in [6.45, 7) is 3.57. The molecule has 0 radical (unpaired) electrons. The van der Waals surface area contributed by atoms with Crippen LogP contribution in [0.2, 0.25) is 0 Å². The Kier molecular flexibility index (Phi) is 9.37. The van der Waals surface area contributed by atoms with Crippen molar-refractivity contribution in [3.63, 3.8) is 0 Å². The Morgan fingerprint density at radius 1 is 1.14 bits per heavy atom. The van der Waals surface area contributed by atoms with Gasteiger partial charge in [-0.25, -0.2) is 4.99 Å². The molecule has 1 atom stereocenters. The van der Waals surface area contributed by atoms with Crippen LogP contribution in [0.3, 0.4) is 0 Å². The fourth-order valence-electron chi connectivity index (χ4n) is 3.46. The normalized spacial score (nSPS) is 17.6. The van der Waals surface area contributed by atoms with Crippen LogP contribution in [-0.4, -0.2) is 30.7 Å². The number of guanidine groups is 1. The van der Waals surface area contributed by atoms with Crippen molar-refractivity contribution >= 4 is 29.9 Å². The molecule has 2 heterocycles. The summed E-state index contributed by atoms with van der Waals surface area (Å²) in [4.78, 5) is 4.61. The van der Waals surface area contributed by atoms with E-state index in [0.29, 0.717) is 18.2 Å². The Labute approximate surface area is 184 Å². The molecule has 0 amide bonds. The zero-order valence-corrected chi connectivity index (χ0v) is 18.9. The highest BCUT2D eigenvalue weighted by atomic mass is 127. The number of hydrogen-bond acceptors (Lipinski definition) is 4. The second-order valence-electron chi connectivity index (χ2n) is 7.56. The number of nitrogens with one attached hydrogen (secondary N) is 2. The quantitative estimate of drug-likeness (QED) is 0.289. The maximum Gasteiger partial charge on any atom is 0.191 e. The molecule has 1 saturated carbocycles. The topological polar surface area (TPSA) is 82.9 Å². The van der Waals surface area contributed by atoms with E-state index >= 15 is 0 Å². The van der Waals surface area contributed by atoms with Gasteiger partial charge in [0.2, 0.25) is 0 Å². The molecule has 3 rings (SSSR count). The molecule has 0 aliphatic heterocycles. The van der Waals surface area contributed by atoms with E-state index in [-0.39, 0.29) is 30.5 Å². The zero-order chi connectivity index (χ0) is 19.0. The SMILES string of the molecule is CC(O)(CN=C(NCCc1ccco1)NCC1CCCCC1)c1ccco1.I. The number of rotatable bonds is 8. The van der Waals surface area contributed by atoms with Crippen molar-refractivity contribution in [1.82, 2.24) is 10.6 Å². The van der Waals surface area contributed by atoms with Gasteiger partial charge in [0.05, 0.1) is 19.1 Å². The van der Waals surface area contributed by atoms with E-state index < -0.39 is 5.60 Å². The van der Waals surface area contributed by atoms with E-state index in [1.54, 1.807) is 31.6 Å². The average Bonchev–Trinajstić information content (AvgIpc) is 3.38. The van der Waals surface area contributed by atoms with Gasteiger partial charge in [-0.15, -0.1) is 24.0 Å². The summed E-state index contributed by atoms with van der Waals surface area (Å²) >= 11 is 0. The Hall–Kier alpha value is -1.48. The lowest BCUT2D eigenvalue weighted by molar-refractivity contribution is 0.0437. The van der Waals surface area contributed by atoms with Crippen molar-refractivity contribution in [3.8, 4) is 0 Å². The molecule has 0 spiro atoms. The van der Waals surface area contributed by atoms with Crippen molar-refractivity contribution in [2.45, 2.75) is 51.0 Å². The molecule has 1 aliphatic carbocycles. The van der Waals surface area contributed by atoms with Gasteiger partial charge in [0.25, 0.3) is 0 Å². The van der Waals surface area contributed by atoms with Crippen LogP contribution >= 0.6 is 24.0 Å². The van der Waals surface area contributed by atoms with Crippen LogP contribution in [-0.2, 0) is 12.0 Å². The van der Waals surface area contributed by atoms with Gasteiger partial charge < -0.3 is 24.6 Å². The molecule has 156 valence electrons. The van der Waals surface area contributed by atoms with Gasteiger partial charge >= 0.3 is 0 Å². The summed E-state index contributed by atoms with van der Waals surface area (Å²) in [6, 6.07) is 7.41. The number of nitrogens with zero attached hydrogens (tertiary/aromatic N) is 1. The summed E-state index contributed by atoms with van der Waals surface area (Å²) in [6.07, 6.45) is 10.6. The lowest BCUT2D eigenvalue weighted by Gasteiger charge is -2.24. The highest BCUT2D eigenvalue weighted by Gasteiger charge is 2.26. The molecular weight excluding hydrogens is 469 g/mol. The Bertz CT molecular complexity index is 678. The third kappa shape index (κ3) is 7.16. The van der Waals surface area contributed by atoms with E-state index in [4.69, 9.17) is 8.83 Å². The summed E-state index contributed by atoms with van der Waals surface area (Å²) in [5.41, 5.74) is -1.13. The Balaban J connectivity index is 0.00000280. The minimum atomic E-state index is -1.13. The number of furan rings is 2. The summed E-state index contributed by atoms with van der Waals surface area (Å²) in [5.74, 6) is 2.88. The predicted octanol–water partition coefficient (Wildman–Crippen LogP) is 4.06. The van der Waals surface area contributed by atoms with Crippen molar-refractivity contribution in [2.24, 2.45) is 10.9 Å². The van der Waals surface area contributed by atoms with E-state index in [0.717, 1.165) is 24.7 Å². The van der Waals surface area contributed by atoms with E-state index in [1.807, 2.05) is 12.1 Å². The first-order valence-electron chi connectivity index (χ1n) is 9.94. The second-order valence-corrected chi connectivity index (χ2v) is 7.56. The summed E-state index contributed by atoms with van der Waals surface area (Å²) in [7, 11) is 0. The van der Waals surface area contributed by atoms with E-state index in [2.05, 4.69) is 15.6 Å². The molecule has 0 bridgehead atoms. The molecule has 1 unspecified atom stereocenters. The van der Waals surface area contributed by atoms with Crippen LogP contribution in [0.4, 0.5) is 0 Å². The molecule has 6 nitrogen and oxygen atoms in total. The lowest BCUT2D eigenvalue weighted by Crippen LogP contribution is -2.42. The summed E-state index contributed by atoms with van der Waals surface area (Å²) in [5, 5.41) is 17.5. The minimum absolute atomic E-state index is 0. The first-order valence-corrected chi connectivity index (χ1v) is 9.94. The third-order valence-electron chi connectivity index (χ3n) is 5.12. The monoisotopic (exact) mass is 501 g/mol. The van der Waals surface area contributed by atoms with Crippen LogP contribution in [0, 0.1) is 5.92 Å². The smallest absolute Gasteiger partial charge is 0.191 e. The molecule has 2 aromatic rings. The third-order valence-corrected chi connectivity index (χ3v) is 5.12. The number of halogens is 1. The van der Waals surface area contributed by atoms with Crippen LogP contribution in [0.5, 0.6) is 0 Å². The lowest BCUT2D eigenvalue weighted by atomic mass is 9.89. The molecule has 0 saturated heterocycles. The van der Waals surface area contributed by atoms with Crippen molar-refractivity contribution in [1.29, 1.82) is 0 Å². The molecule has 7 heteroatoms. The Morgan fingerprint density at radius 3 is 2.57 bits per heavy atom. The van der Waals surface area contributed by atoms with Crippen LogP contribution in [0.25, 0.3) is 0 Å². The molecular formula is C21H32IN3O3. The predicted molar refractivity (Wildman–Crippen MR) is 121 cm³/mol. The fraction of sp³-hybridized carbons (Fsp3) is 0.571.